The molecule has 3 aliphatic rings. The molecule has 2 atom stereocenters. The molecule has 2 aromatic rings. The van der Waals surface area contributed by atoms with Crippen LogP contribution in [0.3, 0.4) is 0 Å². The molecular formula is C28H31FN2O4. The van der Waals surface area contributed by atoms with Gasteiger partial charge in [-0.25, -0.2) is 14.0 Å². The van der Waals surface area contributed by atoms with Gasteiger partial charge in [-0.05, 0) is 61.8 Å². The SMILES string of the molecule is COC(=O)C1=C(c2ccc(F)cc2OCc2ccccc2)C[C@@H]2CC[C@H]1N2C(=O)N1CCCCC1. The van der Waals surface area contributed by atoms with Crippen molar-refractivity contribution >= 4 is 17.6 Å². The predicted molar refractivity (Wildman–Crippen MR) is 130 cm³/mol. The second-order valence-corrected chi connectivity index (χ2v) is 9.49. The number of benzene rings is 2. The predicted octanol–water partition coefficient (Wildman–Crippen LogP) is 5.17. The summed E-state index contributed by atoms with van der Waals surface area (Å²) in [5, 5.41) is 0. The van der Waals surface area contributed by atoms with Gasteiger partial charge in [0, 0.05) is 30.8 Å². The van der Waals surface area contributed by atoms with Crippen molar-refractivity contribution in [2.75, 3.05) is 20.2 Å². The Labute approximate surface area is 205 Å². The minimum atomic E-state index is -0.444. The minimum absolute atomic E-state index is 0.00939. The maximum Gasteiger partial charge on any atom is 0.336 e. The van der Waals surface area contributed by atoms with Gasteiger partial charge < -0.3 is 19.3 Å². The van der Waals surface area contributed by atoms with E-state index >= 15 is 0 Å². The lowest BCUT2D eigenvalue weighted by Gasteiger charge is -2.41. The Bertz CT molecular complexity index is 1130. The average molecular weight is 479 g/mol. The van der Waals surface area contributed by atoms with Crippen LogP contribution in [0.2, 0.25) is 0 Å². The van der Waals surface area contributed by atoms with E-state index in [0.717, 1.165) is 49.9 Å². The molecule has 2 aromatic carbocycles. The number of carbonyl (C=O) groups excluding carboxylic acids is 2. The number of nitrogens with zero attached hydrogens (tertiary/aromatic N) is 2. The van der Waals surface area contributed by atoms with Crippen molar-refractivity contribution in [3.8, 4) is 5.75 Å². The Hall–Kier alpha value is -3.35. The minimum Gasteiger partial charge on any atom is -0.488 e. The topological polar surface area (TPSA) is 59.1 Å². The van der Waals surface area contributed by atoms with Gasteiger partial charge in [0.05, 0.1) is 18.7 Å². The van der Waals surface area contributed by atoms with Crippen molar-refractivity contribution in [3.63, 3.8) is 0 Å². The number of piperidine rings is 1. The quantitative estimate of drug-likeness (QED) is 0.556. The Morgan fingerprint density at radius 3 is 2.54 bits per heavy atom. The number of carbonyl (C=O) groups is 2. The third kappa shape index (κ3) is 4.64. The van der Waals surface area contributed by atoms with E-state index in [0.29, 0.717) is 29.7 Å². The highest BCUT2D eigenvalue weighted by Gasteiger charge is 2.48. The van der Waals surface area contributed by atoms with E-state index in [1.165, 1.54) is 19.2 Å². The third-order valence-electron chi connectivity index (χ3n) is 7.36. The Morgan fingerprint density at radius 2 is 1.80 bits per heavy atom. The van der Waals surface area contributed by atoms with E-state index in [1.54, 1.807) is 6.07 Å². The molecule has 5 rings (SSSR count). The van der Waals surface area contributed by atoms with Crippen molar-refractivity contribution in [1.82, 2.24) is 9.80 Å². The summed E-state index contributed by atoms with van der Waals surface area (Å²) < 4.78 is 25.5. The van der Waals surface area contributed by atoms with Gasteiger partial charge in [-0.15, -0.1) is 0 Å². The fourth-order valence-corrected chi connectivity index (χ4v) is 5.68. The van der Waals surface area contributed by atoms with E-state index in [2.05, 4.69) is 0 Å². The lowest BCUT2D eigenvalue weighted by Crippen LogP contribution is -2.53. The first kappa shape index (κ1) is 23.4. The van der Waals surface area contributed by atoms with Crippen molar-refractivity contribution in [1.29, 1.82) is 0 Å². The summed E-state index contributed by atoms with van der Waals surface area (Å²) in [6, 6.07) is 13.8. The van der Waals surface area contributed by atoms with Crippen LogP contribution in [0.5, 0.6) is 5.75 Å². The fourth-order valence-electron chi connectivity index (χ4n) is 5.68. The van der Waals surface area contributed by atoms with E-state index in [4.69, 9.17) is 9.47 Å². The number of fused-ring (bicyclic) bond motifs is 2. The molecule has 0 spiro atoms. The molecule has 0 unspecified atom stereocenters. The van der Waals surface area contributed by atoms with Crippen molar-refractivity contribution < 1.29 is 23.5 Å². The van der Waals surface area contributed by atoms with Crippen molar-refractivity contribution in [2.24, 2.45) is 0 Å². The molecule has 2 saturated heterocycles. The Balaban J connectivity index is 1.51. The van der Waals surface area contributed by atoms with E-state index in [9.17, 15) is 14.0 Å². The largest absolute Gasteiger partial charge is 0.488 e. The van der Waals surface area contributed by atoms with Crippen molar-refractivity contribution in [2.45, 2.75) is 57.2 Å². The summed E-state index contributed by atoms with van der Waals surface area (Å²) in [7, 11) is 1.36. The van der Waals surface area contributed by atoms with Crippen LogP contribution in [0, 0.1) is 5.82 Å². The number of methoxy groups -OCH3 is 1. The summed E-state index contributed by atoms with van der Waals surface area (Å²) in [4.78, 5) is 30.4. The van der Waals surface area contributed by atoms with Gasteiger partial charge in [-0.3, -0.25) is 0 Å². The standard InChI is InChI=1S/C28H31FN2O4/c1-34-27(32)26-23(17-21-11-13-24(26)31(21)28(33)30-14-6-3-7-15-30)22-12-10-20(29)16-25(22)35-18-19-8-4-2-5-9-19/h2,4-5,8-10,12,16,21,24H,3,6-7,11,13-15,17-18H2,1H3/t21-,24+/m0/s1. The first-order valence-electron chi connectivity index (χ1n) is 12.4. The zero-order valence-corrected chi connectivity index (χ0v) is 20.0. The Morgan fingerprint density at radius 1 is 1.03 bits per heavy atom. The maximum atomic E-state index is 14.3. The summed E-state index contributed by atoms with van der Waals surface area (Å²) in [6.07, 6.45) is 5.20. The van der Waals surface area contributed by atoms with Crippen LogP contribution in [-0.2, 0) is 16.1 Å². The van der Waals surface area contributed by atoms with Gasteiger partial charge in [-0.1, -0.05) is 30.3 Å². The van der Waals surface area contributed by atoms with Crippen LogP contribution in [0.25, 0.3) is 5.57 Å². The van der Waals surface area contributed by atoms with Crippen LogP contribution in [0.4, 0.5) is 9.18 Å². The zero-order chi connectivity index (χ0) is 24.4. The molecule has 0 aliphatic carbocycles. The number of likely N-dealkylation sites (tertiary alicyclic amines) is 1. The molecule has 3 heterocycles. The van der Waals surface area contributed by atoms with Gasteiger partial charge in [0.2, 0.25) is 0 Å². The lowest BCUT2D eigenvalue weighted by molar-refractivity contribution is -0.136. The molecule has 0 aromatic heterocycles. The molecule has 3 aliphatic heterocycles. The molecule has 2 fully saturated rings. The molecule has 35 heavy (non-hydrogen) atoms. The van der Waals surface area contributed by atoms with Gasteiger partial charge >= 0.3 is 12.0 Å². The number of amides is 2. The maximum absolute atomic E-state index is 14.3. The summed E-state index contributed by atoms with van der Waals surface area (Å²) in [5.41, 5.74) is 2.93. The molecule has 0 saturated carbocycles. The number of urea groups is 1. The zero-order valence-electron chi connectivity index (χ0n) is 20.0. The number of hydrogen-bond acceptors (Lipinski definition) is 4. The summed E-state index contributed by atoms with van der Waals surface area (Å²) in [6.45, 7) is 1.80. The monoisotopic (exact) mass is 478 g/mol. The normalized spacial score (nSPS) is 21.8. The number of ether oxygens (including phenoxy) is 2. The van der Waals surface area contributed by atoms with Crippen LogP contribution in [-0.4, -0.2) is 54.1 Å². The van der Waals surface area contributed by atoms with E-state index in [1.807, 2.05) is 40.1 Å². The van der Waals surface area contributed by atoms with Crippen LogP contribution < -0.4 is 4.74 Å². The Kier molecular flexibility index (Phi) is 6.75. The van der Waals surface area contributed by atoms with Gasteiger partial charge in [0.15, 0.2) is 0 Å². The number of halogens is 1. The molecule has 184 valence electrons. The summed E-state index contributed by atoms with van der Waals surface area (Å²) in [5.74, 6) is -0.460. The number of esters is 1. The molecule has 0 radical (unpaired) electrons. The van der Waals surface area contributed by atoms with Gasteiger partial charge in [0.1, 0.15) is 18.2 Å². The first-order valence-corrected chi connectivity index (χ1v) is 12.4. The molecule has 6 nitrogen and oxygen atoms in total. The number of hydrogen-bond donors (Lipinski definition) is 0. The molecule has 7 heteroatoms. The second-order valence-electron chi connectivity index (χ2n) is 9.49. The highest BCUT2D eigenvalue weighted by molar-refractivity contribution is 6.01. The third-order valence-corrected chi connectivity index (χ3v) is 7.36. The molecule has 2 amide bonds. The molecule has 2 bridgehead atoms. The average Bonchev–Trinajstić information content (AvgIpc) is 3.20. The molecular weight excluding hydrogens is 447 g/mol. The van der Waals surface area contributed by atoms with Crippen molar-refractivity contribution in [3.05, 3.63) is 71.0 Å². The number of rotatable bonds is 5. The van der Waals surface area contributed by atoms with E-state index < -0.39 is 11.8 Å². The lowest BCUT2D eigenvalue weighted by atomic mass is 9.88. The van der Waals surface area contributed by atoms with Crippen LogP contribution in [0.15, 0.2) is 54.1 Å². The fraction of sp³-hybridized carbons (Fsp3) is 0.429. The van der Waals surface area contributed by atoms with Crippen LogP contribution >= 0.6 is 0 Å². The second kappa shape index (κ2) is 10.1. The highest BCUT2D eigenvalue weighted by atomic mass is 19.1. The smallest absolute Gasteiger partial charge is 0.336 e. The molecule has 0 N–H and O–H groups in total. The highest BCUT2D eigenvalue weighted by Crippen LogP contribution is 2.46. The first-order chi connectivity index (χ1) is 17.1. The van der Waals surface area contributed by atoms with Crippen LogP contribution in [0.1, 0.15) is 49.7 Å². The van der Waals surface area contributed by atoms with Gasteiger partial charge in [0.25, 0.3) is 0 Å². The summed E-state index contributed by atoms with van der Waals surface area (Å²) >= 11 is 0. The van der Waals surface area contributed by atoms with E-state index in [-0.39, 0.29) is 24.7 Å². The van der Waals surface area contributed by atoms with Gasteiger partial charge in [-0.2, -0.15) is 0 Å².